The van der Waals surface area contributed by atoms with E-state index in [4.69, 9.17) is 4.98 Å². The number of carbonyl (C=O) groups is 2. The molecule has 1 saturated heterocycles. The zero-order valence-corrected chi connectivity index (χ0v) is 17.8. The average Bonchev–Trinajstić information content (AvgIpc) is 3.49. The van der Waals surface area contributed by atoms with Crippen molar-refractivity contribution in [3.05, 3.63) is 59.7 Å². The number of nitrogens with one attached hydrogen (secondary N) is 1. The van der Waals surface area contributed by atoms with E-state index in [1.54, 1.807) is 17.8 Å². The summed E-state index contributed by atoms with van der Waals surface area (Å²) >= 11 is 0. The fourth-order valence-corrected chi connectivity index (χ4v) is 4.89. The number of hydrogen-bond donors (Lipinski definition) is 1. The SMILES string of the molecule is CCn1ccc(C(=O)N2[C@@H]3CC[C@H]2Cc2c(C(=O)NC)nc(-c4ccccc4)n2C3)n1. The molecule has 0 unspecified atom stereocenters. The number of aryl methyl sites for hydroxylation is 1. The largest absolute Gasteiger partial charge is 0.354 e. The number of nitrogens with zero attached hydrogens (tertiary/aromatic N) is 5. The van der Waals surface area contributed by atoms with E-state index in [1.165, 1.54) is 0 Å². The predicted octanol–water partition coefficient (Wildman–Crippen LogP) is 2.36. The van der Waals surface area contributed by atoms with E-state index in [2.05, 4.69) is 15.0 Å². The number of rotatable bonds is 4. The Morgan fingerprint density at radius 2 is 1.90 bits per heavy atom. The molecule has 2 aromatic heterocycles. The summed E-state index contributed by atoms with van der Waals surface area (Å²) in [6, 6.07) is 11.8. The Morgan fingerprint density at radius 3 is 2.61 bits per heavy atom. The monoisotopic (exact) mass is 418 g/mol. The van der Waals surface area contributed by atoms with Gasteiger partial charge in [0.25, 0.3) is 11.8 Å². The Bertz CT molecular complexity index is 1130. The van der Waals surface area contributed by atoms with Crippen LogP contribution in [0, 0.1) is 0 Å². The second kappa shape index (κ2) is 7.68. The molecule has 4 heterocycles. The number of imidazole rings is 1. The Balaban J connectivity index is 1.56. The standard InChI is InChI=1S/C23H26N6O2/c1-3-27-12-11-18(26-27)23(31)29-16-9-10-17(29)14-28-19(13-16)20(22(30)24-2)25-21(28)15-7-5-4-6-8-15/h4-8,11-12,16-17H,3,9-10,13-14H2,1-2H3,(H,24,30)/t16-,17+/m0/s1. The van der Waals surface area contributed by atoms with Crippen LogP contribution >= 0.6 is 0 Å². The molecular weight excluding hydrogens is 392 g/mol. The third kappa shape index (κ3) is 3.22. The van der Waals surface area contributed by atoms with Gasteiger partial charge in [-0.25, -0.2) is 4.98 Å². The van der Waals surface area contributed by atoms with Crippen molar-refractivity contribution in [2.75, 3.05) is 7.05 Å². The summed E-state index contributed by atoms with van der Waals surface area (Å²) in [5.74, 6) is 0.564. The van der Waals surface area contributed by atoms with Gasteiger partial charge in [-0.15, -0.1) is 0 Å². The van der Waals surface area contributed by atoms with Crippen molar-refractivity contribution in [1.29, 1.82) is 0 Å². The second-order valence-electron chi connectivity index (χ2n) is 8.14. The van der Waals surface area contributed by atoms with Gasteiger partial charge in [0, 0.05) is 44.4 Å². The zero-order valence-electron chi connectivity index (χ0n) is 17.8. The first kappa shape index (κ1) is 19.5. The molecule has 2 aliphatic rings. The second-order valence-corrected chi connectivity index (χ2v) is 8.14. The van der Waals surface area contributed by atoms with Gasteiger partial charge in [-0.2, -0.15) is 5.10 Å². The first-order chi connectivity index (χ1) is 15.1. The lowest BCUT2D eigenvalue weighted by Crippen LogP contribution is -2.42. The summed E-state index contributed by atoms with van der Waals surface area (Å²) in [6.45, 7) is 3.36. The van der Waals surface area contributed by atoms with Gasteiger partial charge in [0.1, 0.15) is 17.2 Å². The highest BCUT2D eigenvalue weighted by atomic mass is 16.2. The summed E-state index contributed by atoms with van der Waals surface area (Å²) in [4.78, 5) is 32.8. The lowest BCUT2D eigenvalue weighted by Gasteiger charge is -2.27. The van der Waals surface area contributed by atoms with Gasteiger partial charge >= 0.3 is 0 Å². The first-order valence-electron chi connectivity index (χ1n) is 10.8. The van der Waals surface area contributed by atoms with Crippen LogP contribution in [0.2, 0.25) is 0 Å². The molecule has 1 fully saturated rings. The summed E-state index contributed by atoms with van der Waals surface area (Å²) in [7, 11) is 1.62. The highest BCUT2D eigenvalue weighted by Gasteiger charge is 2.43. The molecule has 160 valence electrons. The number of benzene rings is 1. The van der Waals surface area contributed by atoms with Crippen LogP contribution in [0.5, 0.6) is 0 Å². The van der Waals surface area contributed by atoms with Crippen molar-refractivity contribution in [2.24, 2.45) is 0 Å². The number of amides is 2. The number of hydrogen-bond acceptors (Lipinski definition) is 4. The van der Waals surface area contributed by atoms with E-state index < -0.39 is 0 Å². The van der Waals surface area contributed by atoms with E-state index >= 15 is 0 Å². The van der Waals surface area contributed by atoms with E-state index in [-0.39, 0.29) is 23.9 Å². The summed E-state index contributed by atoms with van der Waals surface area (Å²) in [5, 5.41) is 7.16. The molecule has 8 nitrogen and oxygen atoms in total. The molecule has 2 aliphatic heterocycles. The molecule has 2 amide bonds. The lowest BCUT2D eigenvalue weighted by atomic mass is 10.1. The van der Waals surface area contributed by atoms with Crippen LogP contribution in [-0.4, -0.2) is 55.2 Å². The van der Waals surface area contributed by atoms with Gasteiger partial charge < -0.3 is 14.8 Å². The quantitative estimate of drug-likeness (QED) is 0.705. The third-order valence-electron chi connectivity index (χ3n) is 6.41. The number of fused-ring (bicyclic) bond motifs is 3. The zero-order chi connectivity index (χ0) is 21.5. The average molecular weight is 419 g/mol. The molecule has 5 rings (SSSR count). The maximum absolute atomic E-state index is 13.4. The topological polar surface area (TPSA) is 85.0 Å². The molecule has 31 heavy (non-hydrogen) atoms. The Hall–Kier alpha value is -3.42. The number of carbonyl (C=O) groups excluding carboxylic acids is 2. The Kier molecular flexibility index (Phi) is 4.84. The summed E-state index contributed by atoms with van der Waals surface area (Å²) in [5.41, 5.74) is 2.81. The lowest BCUT2D eigenvalue weighted by molar-refractivity contribution is 0.0659. The van der Waals surface area contributed by atoms with Crippen LogP contribution < -0.4 is 5.32 Å². The summed E-state index contributed by atoms with van der Waals surface area (Å²) < 4.78 is 3.92. The van der Waals surface area contributed by atoms with E-state index in [0.29, 0.717) is 24.4 Å². The molecule has 2 atom stereocenters. The van der Waals surface area contributed by atoms with Crippen LogP contribution in [0.3, 0.4) is 0 Å². The van der Waals surface area contributed by atoms with Crippen molar-refractivity contribution in [3.63, 3.8) is 0 Å². The number of aromatic nitrogens is 4. The molecule has 0 saturated carbocycles. The normalized spacial score (nSPS) is 19.7. The van der Waals surface area contributed by atoms with Crippen molar-refractivity contribution in [3.8, 4) is 11.4 Å². The van der Waals surface area contributed by atoms with Gasteiger partial charge in [-0.3, -0.25) is 14.3 Å². The Labute approximate surface area is 180 Å². The van der Waals surface area contributed by atoms with E-state index in [1.807, 2.05) is 48.4 Å². The van der Waals surface area contributed by atoms with Gasteiger partial charge in [0.05, 0.1) is 11.7 Å². The molecule has 1 N–H and O–H groups in total. The summed E-state index contributed by atoms with van der Waals surface area (Å²) in [6.07, 6.45) is 4.31. The van der Waals surface area contributed by atoms with Crippen molar-refractivity contribution >= 4 is 11.8 Å². The maximum Gasteiger partial charge on any atom is 0.274 e. The third-order valence-corrected chi connectivity index (χ3v) is 6.41. The highest BCUT2D eigenvalue weighted by Crippen LogP contribution is 2.36. The molecule has 0 spiro atoms. The fraction of sp³-hybridized carbons (Fsp3) is 0.391. The fourth-order valence-electron chi connectivity index (χ4n) is 4.89. The minimum atomic E-state index is -0.191. The van der Waals surface area contributed by atoms with E-state index in [0.717, 1.165) is 36.5 Å². The van der Waals surface area contributed by atoms with Crippen molar-refractivity contribution in [1.82, 2.24) is 29.5 Å². The molecule has 2 bridgehead atoms. The molecule has 1 aromatic carbocycles. The van der Waals surface area contributed by atoms with Crippen molar-refractivity contribution in [2.45, 2.75) is 51.4 Å². The van der Waals surface area contributed by atoms with Crippen molar-refractivity contribution < 1.29 is 9.59 Å². The minimum Gasteiger partial charge on any atom is -0.354 e. The minimum absolute atomic E-state index is 0.0267. The molecule has 0 radical (unpaired) electrons. The van der Waals surface area contributed by atoms with Crippen LogP contribution in [0.4, 0.5) is 0 Å². The predicted molar refractivity (Wildman–Crippen MR) is 116 cm³/mol. The molecular formula is C23H26N6O2. The van der Waals surface area contributed by atoms with Gasteiger partial charge in [-0.1, -0.05) is 30.3 Å². The van der Waals surface area contributed by atoms with Crippen LogP contribution in [0.25, 0.3) is 11.4 Å². The van der Waals surface area contributed by atoms with Crippen LogP contribution in [-0.2, 0) is 19.5 Å². The molecule has 3 aromatic rings. The van der Waals surface area contributed by atoms with Gasteiger partial charge in [0.15, 0.2) is 0 Å². The van der Waals surface area contributed by atoms with Crippen LogP contribution in [0.15, 0.2) is 42.6 Å². The van der Waals surface area contributed by atoms with E-state index in [9.17, 15) is 9.59 Å². The molecule has 0 aliphatic carbocycles. The van der Waals surface area contributed by atoms with Crippen LogP contribution in [0.1, 0.15) is 46.4 Å². The maximum atomic E-state index is 13.4. The van der Waals surface area contributed by atoms with Gasteiger partial charge in [-0.05, 0) is 25.8 Å². The Morgan fingerprint density at radius 1 is 1.13 bits per heavy atom. The molecule has 8 heteroatoms. The smallest absolute Gasteiger partial charge is 0.274 e. The first-order valence-corrected chi connectivity index (χ1v) is 10.8. The van der Waals surface area contributed by atoms with Gasteiger partial charge in [0.2, 0.25) is 0 Å². The highest BCUT2D eigenvalue weighted by molar-refractivity contribution is 5.95.